The Bertz CT molecular complexity index is 961. The standard InChI is InChI=1S/C19H22FNO6S/c1-5-27-19(22)12-21(16-10-13(2)6-8-18(16)26-4)28(23,24)14-7-9-17(25-3)15(20)11-14/h6-11H,5,12H2,1-4H3. The molecule has 0 aliphatic heterocycles. The molecule has 0 radical (unpaired) electrons. The summed E-state index contributed by atoms with van der Waals surface area (Å²) in [6, 6.07) is 8.15. The Labute approximate surface area is 163 Å². The number of ether oxygens (including phenoxy) is 3. The Hall–Kier alpha value is -2.81. The van der Waals surface area contributed by atoms with Crippen molar-refractivity contribution >= 4 is 21.7 Å². The van der Waals surface area contributed by atoms with Gasteiger partial charge < -0.3 is 14.2 Å². The van der Waals surface area contributed by atoms with Crippen LogP contribution in [-0.4, -0.2) is 41.8 Å². The van der Waals surface area contributed by atoms with Crippen LogP contribution in [0.5, 0.6) is 11.5 Å². The number of benzene rings is 2. The van der Waals surface area contributed by atoms with Gasteiger partial charge in [0.1, 0.15) is 12.3 Å². The van der Waals surface area contributed by atoms with Crippen LogP contribution in [0.15, 0.2) is 41.3 Å². The molecule has 0 fully saturated rings. The first-order valence-electron chi connectivity index (χ1n) is 8.41. The maximum absolute atomic E-state index is 14.1. The number of carbonyl (C=O) groups is 1. The van der Waals surface area contributed by atoms with Crippen LogP contribution in [0.25, 0.3) is 0 Å². The molecule has 2 aromatic carbocycles. The quantitative estimate of drug-likeness (QED) is 0.621. The molecular weight excluding hydrogens is 389 g/mol. The number of nitrogens with zero attached hydrogens (tertiary/aromatic N) is 1. The number of hydrogen-bond acceptors (Lipinski definition) is 6. The summed E-state index contributed by atoms with van der Waals surface area (Å²) in [5.74, 6) is -1.43. The fourth-order valence-electron chi connectivity index (χ4n) is 2.55. The van der Waals surface area contributed by atoms with Crippen LogP contribution < -0.4 is 13.8 Å². The number of anilines is 1. The molecule has 152 valence electrons. The van der Waals surface area contributed by atoms with Crippen LogP contribution >= 0.6 is 0 Å². The molecule has 2 aromatic rings. The second-order valence-corrected chi connectivity index (χ2v) is 7.65. The molecule has 0 N–H and O–H groups in total. The topological polar surface area (TPSA) is 82.1 Å². The normalized spacial score (nSPS) is 11.0. The molecule has 0 unspecified atom stereocenters. The minimum atomic E-state index is -4.31. The van der Waals surface area contributed by atoms with Crippen molar-refractivity contribution in [1.29, 1.82) is 0 Å². The SMILES string of the molecule is CCOC(=O)CN(c1cc(C)ccc1OC)S(=O)(=O)c1ccc(OC)c(F)c1. The number of esters is 1. The predicted octanol–water partition coefficient (Wildman–Crippen LogP) is 2.91. The van der Waals surface area contributed by atoms with Crippen molar-refractivity contribution in [3.63, 3.8) is 0 Å². The van der Waals surface area contributed by atoms with Gasteiger partial charge in [-0.1, -0.05) is 6.07 Å². The lowest BCUT2D eigenvalue weighted by molar-refractivity contribution is -0.141. The molecule has 0 amide bonds. The summed E-state index contributed by atoms with van der Waals surface area (Å²) in [4.78, 5) is 11.8. The maximum Gasteiger partial charge on any atom is 0.326 e. The Morgan fingerprint density at radius 2 is 1.71 bits per heavy atom. The zero-order chi connectivity index (χ0) is 20.9. The molecule has 0 bridgehead atoms. The van der Waals surface area contributed by atoms with Crippen molar-refractivity contribution in [2.75, 3.05) is 31.7 Å². The van der Waals surface area contributed by atoms with E-state index in [1.165, 1.54) is 26.4 Å². The maximum atomic E-state index is 14.1. The summed E-state index contributed by atoms with van der Waals surface area (Å²) < 4.78 is 56.5. The molecule has 0 spiro atoms. The number of sulfonamides is 1. The predicted molar refractivity (Wildman–Crippen MR) is 102 cm³/mol. The number of hydrogen-bond donors (Lipinski definition) is 0. The zero-order valence-corrected chi connectivity index (χ0v) is 16.9. The van der Waals surface area contributed by atoms with E-state index in [9.17, 15) is 17.6 Å². The fraction of sp³-hybridized carbons (Fsp3) is 0.316. The zero-order valence-electron chi connectivity index (χ0n) is 16.1. The molecule has 0 atom stereocenters. The highest BCUT2D eigenvalue weighted by molar-refractivity contribution is 7.92. The first-order chi connectivity index (χ1) is 13.2. The lowest BCUT2D eigenvalue weighted by atomic mass is 10.2. The molecule has 9 heteroatoms. The average Bonchev–Trinajstić information content (AvgIpc) is 2.66. The molecule has 0 saturated carbocycles. The van der Waals surface area contributed by atoms with E-state index in [-0.39, 0.29) is 28.7 Å². The minimum absolute atomic E-state index is 0.0921. The van der Waals surface area contributed by atoms with Crippen molar-refractivity contribution < 1.29 is 31.8 Å². The summed E-state index contributed by atoms with van der Waals surface area (Å²) >= 11 is 0. The lowest BCUT2D eigenvalue weighted by Gasteiger charge is -2.25. The second kappa shape index (κ2) is 8.92. The molecule has 2 rings (SSSR count). The highest BCUT2D eigenvalue weighted by Gasteiger charge is 2.30. The smallest absolute Gasteiger partial charge is 0.326 e. The van der Waals surface area contributed by atoms with Gasteiger partial charge in [0.05, 0.1) is 31.4 Å². The first-order valence-corrected chi connectivity index (χ1v) is 9.85. The summed E-state index contributed by atoms with van der Waals surface area (Å²) in [5.41, 5.74) is 0.896. The van der Waals surface area contributed by atoms with Crippen LogP contribution in [0.3, 0.4) is 0 Å². The van der Waals surface area contributed by atoms with Gasteiger partial charge in [-0.05, 0) is 49.7 Å². The van der Waals surface area contributed by atoms with Crippen molar-refractivity contribution in [3.05, 3.63) is 47.8 Å². The number of methoxy groups -OCH3 is 2. The monoisotopic (exact) mass is 411 g/mol. The van der Waals surface area contributed by atoms with Crippen LogP contribution in [0, 0.1) is 12.7 Å². The summed E-state index contributed by atoms with van der Waals surface area (Å²) in [6.07, 6.45) is 0. The molecule has 28 heavy (non-hydrogen) atoms. The number of carbonyl (C=O) groups excluding carboxylic acids is 1. The highest BCUT2D eigenvalue weighted by Crippen LogP contribution is 2.34. The van der Waals surface area contributed by atoms with Gasteiger partial charge in [-0.3, -0.25) is 9.10 Å². The third-order valence-corrected chi connectivity index (χ3v) is 5.65. The van der Waals surface area contributed by atoms with Crippen molar-refractivity contribution in [1.82, 2.24) is 0 Å². The third-order valence-electron chi connectivity index (χ3n) is 3.89. The van der Waals surface area contributed by atoms with E-state index in [4.69, 9.17) is 14.2 Å². The molecule has 0 heterocycles. The number of rotatable bonds is 8. The van der Waals surface area contributed by atoms with Crippen LogP contribution in [0.4, 0.5) is 10.1 Å². The molecule has 7 nitrogen and oxygen atoms in total. The van der Waals surface area contributed by atoms with Gasteiger partial charge in [0.25, 0.3) is 10.0 Å². The minimum Gasteiger partial charge on any atom is -0.495 e. The Balaban J connectivity index is 2.62. The summed E-state index contributed by atoms with van der Waals surface area (Å²) in [6.45, 7) is 2.88. The van der Waals surface area contributed by atoms with Gasteiger partial charge in [0, 0.05) is 0 Å². The van der Waals surface area contributed by atoms with Crippen molar-refractivity contribution in [2.45, 2.75) is 18.7 Å². The molecule has 0 aliphatic rings. The number of halogens is 1. The van der Waals surface area contributed by atoms with Gasteiger partial charge in [0.2, 0.25) is 0 Å². The van der Waals surface area contributed by atoms with Gasteiger partial charge in [0.15, 0.2) is 11.6 Å². The van der Waals surface area contributed by atoms with Crippen LogP contribution in [0.1, 0.15) is 12.5 Å². The van der Waals surface area contributed by atoms with Crippen LogP contribution in [-0.2, 0) is 19.6 Å². The molecular formula is C19H22FNO6S. The van der Waals surface area contributed by atoms with Gasteiger partial charge in [-0.2, -0.15) is 0 Å². The fourth-order valence-corrected chi connectivity index (χ4v) is 3.98. The Morgan fingerprint density at radius 3 is 2.29 bits per heavy atom. The van der Waals surface area contributed by atoms with E-state index < -0.39 is 28.4 Å². The van der Waals surface area contributed by atoms with Crippen LogP contribution in [0.2, 0.25) is 0 Å². The molecule has 0 aliphatic carbocycles. The second-order valence-electron chi connectivity index (χ2n) is 5.79. The summed E-state index contributed by atoms with van der Waals surface area (Å²) in [5, 5.41) is 0. The molecule has 0 aromatic heterocycles. The van der Waals surface area contributed by atoms with Crippen molar-refractivity contribution in [2.24, 2.45) is 0 Å². The number of aryl methyl sites for hydroxylation is 1. The Kier molecular flexibility index (Phi) is 6.85. The van der Waals surface area contributed by atoms with E-state index in [0.717, 1.165) is 15.9 Å². The largest absolute Gasteiger partial charge is 0.495 e. The van der Waals surface area contributed by atoms with E-state index in [1.54, 1.807) is 32.0 Å². The molecule has 0 saturated heterocycles. The van der Waals surface area contributed by atoms with Gasteiger partial charge in [-0.15, -0.1) is 0 Å². The van der Waals surface area contributed by atoms with Gasteiger partial charge in [-0.25, -0.2) is 12.8 Å². The van der Waals surface area contributed by atoms with Gasteiger partial charge >= 0.3 is 5.97 Å². The Morgan fingerprint density at radius 1 is 1.07 bits per heavy atom. The average molecular weight is 411 g/mol. The van der Waals surface area contributed by atoms with E-state index in [2.05, 4.69) is 0 Å². The third kappa shape index (κ3) is 4.53. The van der Waals surface area contributed by atoms with E-state index in [1.807, 2.05) is 0 Å². The van der Waals surface area contributed by atoms with E-state index in [0.29, 0.717) is 0 Å². The first kappa shape index (κ1) is 21.5. The lowest BCUT2D eigenvalue weighted by Crippen LogP contribution is -2.37. The van der Waals surface area contributed by atoms with E-state index >= 15 is 0 Å². The van der Waals surface area contributed by atoms with Crippen molar-refractivity contribution in [3.8, 4) is 11.5 Å². The highest BCUT2D eigenvalue weighted by atomic mass is 32.2. The summed E-state index contributed by atoms with van der Waals surface area (Å²) in [7, 11) is -1.65.